The summed E-state index contributed by atoms with van der Waals surface area (Å²) in [6.45, 7) is 0. The number of β-lactam (4-membered cyclic amide) rings is 1. The third-order valence-electron chi connectivity index (χ3n) is 4.63. The number of methoxy groups -OCH3 is 1. The molecule has 3 rings (SSSR count). The number of halogens is 2. The van der Waals surface area contributed by atoms with E-state index in [4.69, 9.17) is 16.3 Å². The minimum Gasteiger partial charge on any atom is -0.468 e. The van der Waals surface area contributed by atoms with Gasteiger partial charge in [-0.2, -0.15) is 0 Å². The van der Waals surface area contributed by atoms with Crippen LogP contribution in [0.3, 0.4) is 0 Å². The van der Waals surface area contributed by atoms with Gasteiger partial charge in [-0.15, -0.1) is 0 Å². The molecule has 1 fully saturated rings. The fraction of sp³-hybridized carbons (Fsp3) is 0.200. The number of hydrogen-bond donors (Lipinski definition) is 0. The van der Waals surface area contributed by atoms with Crippen molar-refractivity contribution < 1.29 is 18.7 Å². The van der Waals surface area contributed by atoms with Crippen molar-refractivity contribution in [3.05, 3.63) is 76.6 Å². The molecule has 0 saturated carbocycles. The fourth-order valence-corrected chi connectivity index (χ4v) is 3.53. The average Bonchev–Trinajstić information content (AvgIpc) is 2.66. The van der Waals surface area contributed by atoms with Gasteiger partial charge in [-0.25, -0.2) is 4.39 Å². The van der Waals surface area contributed by atoms with Gasteiger partial charge in [0.05, 0.1) is 13.2 Å². The van der Waals surface area contributed by atoms with E-state index in [1.807, 2.05) is 6.07 Å². The lowest BCUT2D eigenvalue weighted by atomic mass is 9.67. The molecule has 1 heterocycles. The number of ether oxygens (including phenoxy) is 1. The van der Waals surface area contributed by atoms with E-state index < -0.39 is 23.2 Å². The predicted octanol–water partition coefficient (Wildman–Crippen LogP) is 3.87. The molecule has 26 heavy (non-hydrogen) atoms. The lowest BCUT2D eigenvalue weighted by Crippen LogP contribution is -2.64. The number of esters is 1. The highest BCUT2D eigenvalue weighted by Crippen LogP contribution is 2.51. The normalized spacial score (nSPS) is 22.4. The highest BCUT2D eigenvalue weighted by Gasteiger charge is 2.64. The van der Waals surface area contributed by atoms with Crippen LogP contribution in [0.2, 0.25) is 5.02 Å². The van der Waals surface area contributed by atoms with Crippen LogP contribution in [-0.4, -0.2) is 30.9 Å². The Balaban J connectivity index is 2.08. The third kappa shape index (κ3) is 2.78. The number of likely N-dealkylation sites (tertiary alicyclic amines) is 1. The van der Waals surface area contributed by atoms with E-state index in [1.54, 1.807) is 43.5 Å². The van der Waals surface area contributed by atoms with Crippen LogP contribution in [0.25, 0.3) is 6.08 Å². The first-order chi connectivity index (χ1) is 12.4. The summed E-state index contributed by atoms with van der Waals surface area (Å²) in [7, 11) is 2.83. The van der Waals surface area contributed by atoms with Crippen molar-refractivity contribution in [2.45, 2.75) is 6.04 Å². The monoisotopic (exact) mass is 373 g/mol. The van der Waals surface area contributed by atoms with Gasteiger partial charge >= 0.3 is 5.97 Å². The highest BCUT2D eigenvalue weighted by atomic mass is 35.5. The van der Waals surface area contributed by atoms with Crippen LogP contribution in [0.4, 0.5) is 4.39 Å². The van der Waals surface area contributed by atoms with Crippen molar-refractivity contribution in [2.24, 2.45) is 5.41 Å². The van der Waals surface area contributed by atoms with E-state index in [-0.39, 0.29) is 5.91 Å². The van der Waals surface area contributed by atoms with Gasteiger partial charge in [0.2, 0.25) is 5.91 Å². The second-order valence-electron chi connectivity index (χ2n) is 6.09. The minimum absolute atomic E-state index is 0.387. The number of hydrogen-bond acceptors (Lipinski definition) is 3. The van der Waals surface area contributed by atoms with Crippen LogP contribution < -0.4 is 0 Å². The maximum absolute atomic E-state index is 13.3. The van der Waals surface area contributed by atoms with E-state index in [0.29, 0.717) is 16.1 Å². The molecule has 6 heteroatoms. The van der Waals surface area contributed by atoms with Gasteiger partial charge in [-0.3, -0.25) is 9.59 Å². The molecule has 1 aliphatic heterocycles. The van der Waals surface area contributed by atoms with E-state index in [0.717, 1.165) is 0 Å². The Morgan fingerprint density at radius 3 is 2.50 bits per heavy atom. The smallest absolute Gasteiger partial charge is 0.327 e. The second kappa shape index (κ2) is 6.92. The average molecular weight is 374 g/mol. The fourth-order valence-electron chi connectivity index (χ4n) is 3.33. The Bertz CT molecular complexity index is 871. The SMILES string of the molecule is COC(=O)[C@]1(/C=C/c2ccccc2Cl)C(=O)N(C)[C@@H]1c1ccc(F)cc1. The summed E-state index contributed by atoms with van der Waals surface area (Å²) in [6, 6.07) is 12.2. The summed E-state index contributed by atoms with van der Waals surface area (Å²) in [4.78, 5) is 26.8. The summed E-state index contributed by atoms with van der Waals surface area (Å²) in [5.41, 5.74) is -0.194. The molecular formula is C20H17ClFNO3. The summed E-state index contributed by atoms with van der Waals surface area (Å²) >= 11 is 6.16. The zero-order valence-corrected chi connectivity index (χ0v) is 15.0. The maximum Gasteiger partial charge on any atom is 0.327 e. The van der Waals surface area contributed by atoms with Gasteiger partial charge in [0, 0.05) is 12.1 Å². The van der Waals surface area contributed by atoms with Crippen LogP contribution >= 0.6 is 11.6 Å². The van der Waals surface area contributed by atoms with Gasteiger partial charge in [-0.1, -0.05) is 54.1 Å². The van der Waals surface area contributed by atoms with Crippen LogP contribution in [0.5, 0.6) is 0 Å². The first kappa shape index (κ1) is 18.1. The quantitative estimate of drug-likeness (QED) is 0.464. The van der Waals surface area contributed by atoms with Crippen LogP contribution in [0.1, 0.15) is 17.2 Å². The molecule has 0 aliphatic carbocycles. The zero-order chi connectivity index (χ0) is 18.9. The molecule has 0 radical (unpaired) electrons. The van der Waals surface area contributed by atoms with Crippen molar-refractivity contribution in [2.75, 3.05) is 14.2 Å². The number of rotatable bonds is 4. The van der Waals surface area contributed by atoms with Crippen molar-refractivity contribution in [3.8, 4) is 0 Å². The van der Waals surface area contributed by atoms with Crippen molar-refractivity contribution in [1.82, 2.24) is 4.90 Å². The number of carbonyl (C=O) groups is 2. The number of nitrogens with zero attached hydrogens (tertiary/aromatic N) is 1. The van der Waals surface area contributed by atoms with Crippen molar-refractivity contribution in [1.29, 1.82) is 0 Å². The Kier molecular flexibility index (Phi) is 4.83. The molecule has 2 aromatic carbocycles. The summed E-state index contributed by atoms with van der Waals surface area (Å²) in [5, 5.41) is 0.502. The lowest BCUT2D eigenvalue weighted by molar-refractivity contribution is -0.180. The lowest BCUT2D eigenvalue weighted by Gasteiger charge is -2.51. The van der Waals surface area contributed by atoms with E-state index in [1.165, 1.54) is 30.2 Å². The molecular weight excluding hydrogens is 357 g/mol. The standard InChI is InChI=1S/C20H17ClFNO3/c1-23-17(14-7-9-15(22)10-8-14)20(18(23)24,19(25)26-2)12-11-13-5-3-4-6-16(13)21/h3-12,17H,1-2H3/b12-11+/t17-,20+/m1/s1. The molecule has 2 atom stereocenters. The number of carbonyl (C=O) groups excluding carboxylic acids is 2. The highest BCUT2D eigenvalue weighted by molar-refractivity contribution is 6.32. The molecule has 134 valence electrons. The molecule has 0 aromatic heterocycles. The molecule has 0 spiro atoms. The first-order valence-corrected chi connectivity index (χ1v) is 8.34. The van der Waals surface area contributed by atoms with E-state index >= 15 is 0 Å². The topological polar surface area (TPSA) is 46.6 Å². The summed E-state index contributed by atoms with van der Waals surface area (Å²) in [6.07, 6.45) is 3.16. The van der Waals surface area contributed by atoms with Gasteiger partial charge in [0.15, 0.2) is 5.41 Å². The molecule has 4 nitrogen and oxygen atoms in total. The molecule has 0 unspecified atom stereocenters. The Morgan fingerprint density at radius 2 is 1.88 bits per heavy atom. The first-order valence-electron chi connectivity index (χ1n) is 7.96. The largest absolute Gasteiger partial charge is 0.468 e. The molecule has 0 bridgehead atoms. The van der Waals surface area contributed by atoms with Gasteiger partial charge < -0.3 is 9.64 Å². The van der Waals surface area contributed by atoms with Gasteiger partial charge in [0.25, 0.3) is 0 Å². The molecule has 0 N–H and O–H groups in total. The minimum atomic E-state index is -1.51. The van der Waals surface area contributed by atoms with E-state index in [2.05, 4.69) is 0 Å². The van der Waals surface area contributed by atoms with Crippen LogP contribution in [-0.2, 0) is 14.3 Å². The second-order valence-corrected chi connectivity index (χ2v) is 6.49. The van der Waals surface area contributed by atoms with Gasteiger partial charge in [-0.05, 0) is 29.3 Å². The molecule has 1 aliphatic rings. The summed E-state index contributed by atoms with van der Waals surface area (Å²) < 4.78 is 18.2. The number of benzene rings is 2. The molecule has 1 saturated heterocycles. The van der Waals surface area contributed by atoms with Crippen LogP contribution in [0.15, 0.2) is 54.6 Å². The summed E-state index contributed by atoms with van der Waals surface area (Å²) in [5.74, 6) is -1.45. The van der Waals surface area contributed by atoms with Crippen LogP contribution in [0, 0.1) is 11.2 Å². The molecule has 1 amide bonds. The Morgan fingerprint density at radius 1 is 1.23 bits per heavy atom. The maximum atomic E-state index is 13.3. The van der Waals surface area contributed by atoms with E-state index in [9.17, 15) is 14.0 Å². The third-order valence-corrected chi connectivity index (χ3v) is 4.98. The number of amides is 1. The Hall–Kier alpha value is -2.66. The Labute approximate surface area is 155 Å². The van der Waals surface area contributed by atoms with Crippen molar-refractivity contribution in [3.63, 3.8) is 0 Å². The predicted molar refractivity (Wildman–Crippen MR) is 96.8 cm³/mol. The van der Waals surface area contributed by atoms with Gasteiger partial charge in [0.1, 0.15) is 5.82 Å². The van der Waals surface area contributed by atoms with Crippen molar-refractivity contribution >= 4 is 29.6 Å². The molecule has 2 aromatic rings. The zero-order valence-electron chi connectivity index (χ0n) is 14.3.